The third kappa shape index (κ3) is 3.66. The number of anilines is 1. The van der Waals surface area contributed by atoms with Gasteiger partial charge in [-0.25, -0.2) is 0 Å². The predicted octanol–water partition coefficient (Wildman–Crippen LogP) is 2.47. The number of hydrogen-bond acceptors (Lipinski definition) is 3. The van der Waals surface area contributed by atoms with Crippen molar-refractivity contribution in [3.05, 3.63) is 65.7 Å². The summed E-state index contributed by atoms with van der Waals surface area (Å²) < 4.78 is 5.07. The number of ether oxygens (including phenoxy) is 1. The zero-order chi connectivity index (χ0) is 14.4. The molecule has 1 amide bonds. The molecule has 0 spiro atoms. The van der Waals surface area contributed by atoms with E-state index >= 15 is 0 Å². The SMILES string of the molecule is COCc1cccc(NC(=O)[C@H](N)c2ccccc2)c1. The minimum atomic E-state index is -0.678. The molecule has 0 heterocycles. The van der Waals surface area contributed by atoms with E-state index in [0.717, 1.165) is 16.8 Å². The Labute approximate surface area is 118 Å². The van der Waals surface area contributed by atoms with Gasteiger partial charge in [-0.3, -0.25) is 4.79 Å². The molecule has 0 fully saturated rings. The number of hydrogen-bond donors (Lipinski definition) is 2. The molecular weight excluding hydrogens is 252 g/mol. The normalized spacial score (nSPS) is 11.9. The zero-order valence-electron chi connectivity index (χ0n) is 11.4. The van der Waals surface area contributed by atoms with Crippen LogP contribution in [0, 0.1) is 0 Å². The Kier molecular flexibility index (Phi) is 4.87. The van der Waals surface area contributed by atoms with Crippen LogP contribution in [0.2, 0.25) is 0 Å². The molecule has 4 heteroatoms. The first-order valence-electron chi connectivity index (χ1n) is 6.40. The molecule has 2 rings (SSSR count). The molecule has 0 saturated heterocycles. The third-order valence-corrected chi connectivity index (χ3v) is 2.95. The van der Waals surface area contributed by atoms with E-state index in [-0.39, 0.29) is 5.91 Å². The summed E-state index contributed by atoms with van der Waals surface area (Å²) in [6.07, 6.45) is 0. The molecule has 2 aromatic carbocycles. The summed E-state index contributed by atoms with van der Waals surface area (Å²) in [5.74, 6) is -0.231. The quantitative estimate of drug-likeness (QED) is 0.877. The lowest BCUT2D eigenvalue weighted by Gasteiger charge is -2.13. The van der Waals surface area contributed by atoms with E-state index in [2.05, 4.69) is 5.32 Å². The molecule has 0 aromatic heterocycles. The van der Waals surface area contributed by atoms with Crippen LogP contribution < -0.4 is 11.1 Å². The second-order valence-corrected chi connectivity index (χ2v) is 4.51. The molecule has 0 unspecified atom stereocenters. The number of rotatable bonds is 5. The highest BCUT2D eigenvalue weighted by atomic mass is 16.5. The van der Waals surface area contributed by atoms with E-state index in [9.17, 15) is 4.79 Å². The fourth-order valence-corrected chi connectivity index (χ4v) is 1.94. The van der Waals surface area contributed by atoms with E-state index in [1.54, 1.807) is 7.11 Å². The van der Waals surface area contributed by atoms with E-state index in [4.69, 9.17) is 10.5 Å². The van der Waals surface area contributed by atoms with Crippen molar-refractivity contribution in [1.29, 1.82) is 0 Å². The van der Waals surface area contributed by atoms with Gasteiger partial charge in [0, 0.05) is 12.8 Å². The highest BCUT2D eigenvalue weighted by Gasteiger charge is 2.15. The van der Waals surface area contributed by atoms with Crippen molar-refractivity contribution < 1.29 is 9.53 Å². The maximum Gasteiger partial charge on any atom is 0.245 e. The summed E-state index contributed by atoms with van der Waals surface area (Å²) in [6.45, 7) is 0.508. The van der Waals surface area contributed by atoms with Gasteiger partial charge in [-0.05, 0) is 23.3 Å². The van der Waals surface area contributed by atoms with Gasteiger partial charge >= 0.3 is 0 Å². The third-order valence-electron chi connectivity index (χ3n) is 2.95. The maximum atomic E-state index is 12.1. The van der Waals surface area contributed by atoms with Gasteiger partial charge in [-0.1, -0.05) is 42.5 Å². The number of nitrogens with two attached hydrogens (primary N) is 1. The lowest BCUT2D eigenvalue weighted by molar-refractivity contribution is -0.117. The molecule has 0 aliphatic rings. The summed E-state index contributed by atoms with van der Waals surface area (Å²) >= 11 is 0. The minimum absolute atomic E-state index is 0.231. The molecule has 0 aliphatic carbocycles. The first kappa shape index (κ1) is 14.2. The number of amides is 1. The molecule has 3 N–H and O–H groups in total. The molecule has 104 valence electrons. The highest BCUT2D eigenvalue weighted by Crippen LogP contribution is 2.15. The van der Waals surface area contributed by atoms with E-state index < -0.39 is 6.04 Å². The minimum Gasteiger partial charge on any atom is -0.380 e. The number of benzene rings is 2. The molecule has 0 aliphatic heterocycles. The molecule has 20 heavy (non-hydrogen) atoms. The predicted molar refractivity (Wildman–Crippen MR) is 79.2 cm³/mol. The van der Waals surface area contributed by atoms with Gasteiger partial charge in [0.05, 0.1) is 6.61 Å². The zero-order valence-corrected chi connectivity index (χ0v) is 11.4. The van der Waals surface area contributed by atoms with Crippen LogP contribution in [-0.2, 0) is 16.1 Å². The van der Waals surface area contributed by atoms with Crippen molar-refractivity contribution in [2.75, 3.05) is 12.4 Å². The van der Waals surface area contributed by atoms with Crippen molar-refractivity contribution in [2.45, 2.75) is 12.6 Å². The van der Waals surface area contributed by atoms with Crippen molar-refractivity contribution in [1.82, 2.24) is 0 Å². The van der Waals surface area contributed by atoms with Gasteiger partial charge in [0.1, 0.15) is 6.04 Å². The van der Waals surface area contributed by atoms with Crippen molar-refractivity contribution in [2.24, 2.45) is 5.73 Å². The molecule has 0 bridgehead atoms. The first-order valence-corrected chi connectivity index (χ1v) is 6.40. The average Bonchev–Trinajstić information content (AvgIpc) is 2.48. The first-order chi connectivity index (χ1) is 9.70. The monoisotopic (exact) mass is 270 g/mol. The van der Waals surface area contributed by atoms with Crippen LogP contribution >= 0.6 is 0 Å². The van der Waals surface area contributed by atoms with Gasteiger partial charge in [0.15, 0.2) is 0 Å². The second-order valence-electron chi connectivity index (χ2n) is 4.51. The lowest BCUT2D eigenvalue weighted by atomic mass is 10.1. The fraction of sp³-hybridized carbons (Fsp3) is 0.188. The van der Waals surface area contributed by atoms with Crippen LogP contribution in [0.15, 0.2) is 54.6 Å². The Morgan fingerprint density at radius 2 is 1.95 bits per heavy atom. The van der Waals surface area contributed by atoms with Crippen molar-refractivity contribution in [3.63, 3.8) is 0 Å². The van der Waals surface area contributed by atoms with E-state index in [1.807, 2.05) is 54.6 Å². The number of carbonyl (C=O) groups excluding carboxylic acids is 1. The number of methoxy groups -OCH3 is 1. The Balaban J connectivity index is 2.06. The Hall–Kier alpha value is -2.17. The molecule has 2 aromatic rings. The molecule has 0 saturated carbocycles. The number of carbonyl (C=O) groups is 1. The van der Waals surface area contributed by atoms with Crippen LogP contribution in [-0.4, -0.2) is 13.0 Å². The van der Waals surface area contributed by atoms with Crippen LogP contribution in [0.1, 0.15) is 17.2 Å². The fourth-order valence-electron chi connectivity index (χ4n) is 1.94. The highest BCUT2D eigenvalue weighted by molar-refractivity contribution is 5.95. The van der Waals surface area contributed by atoms with Crippen LogP contribution in [0.3, 0.4) is 0 Å². The Morgan fingerprint density at radius 1 is 1.20 bits per heavy atom. The largest absolute Gasteiger partial charge is 0.380 e. The lowest BCUT2D eigenvalue weighted by Crippen LogP contribution is -2.27. The van der Waals surface area contributed by atoms with Crippen molar-refractivity contribution in [3.8, 4) is 0 Å². The van der Waals surface area contributed by atoms with Gasteiger partial charge < -0.3 is 15.8 Å². The molecule has 4 nitrogen and oxygen atoms in total. The van der Waals surface area contributed by atoms with Gasteiger partial charge in [-0.15, -0.1) is 0 Å². The van der Waals surface area contributed by atoms with Crippen LogP contribution in [0.25, 0.3) is 0 Å². The van der Waals surface area contributed by atoms with E-state index in [1.165, 1.54) is 0 Å². The summed E-state index contributed by atoms with van der Waals surface area (Å²) in [7, 11) is 1.64. The van der Waals surface area contributed by atoms with Gasteiger partial charge in [-0.2, -0.15) is 0 Å². The van der Waals surface area contributed by atoms with Gasteiger partial charge in [0.2, 0.25) is 5.91 Å². The summed E-state index contributed by atoms with van der Waals surface area (Å²) in [4.78, 5) is 12.1. The molecular formula is C16H18N2O2. The average molecular weight is 270 g/mol. The topological polar surface area (TPSA) is 64.3 Å². The second kappa shape index (κ2) is 6.84. The summed E-state index contributed by atoms with van der Waals surface area (Å²) in [6, 6.07) is 16.1. The van der Waals surface area contributed by atoms with Crippen molar-refractivity contribution >= 4 is 11.6 Å². The van der Waals surface area contributed by atoms with E-state index in [0.29, 0.717) is 6.61 Å². The van der Waals surface area contributed by atoms with Gasteiger partial charge in [0.25, 0.3) is 0 Å². The molecule has 0 radical (unpaired) electrons. The Bertz CT molecular complexity index is 570. The Morgan fingerprint density at radius 3 is 2.65 bits per heavy atom. The number of nitrogens with one attached hydrogen (secondary N) is 1. The molecule has 1 atom stereocenters. The standard InChI is InChI=1S/C16H18N2O2/c1-20-11-12-6-5-9-14(10-12)18-16(19)15(17)13-7-3-2-4-8-13/h2-10,15H,11,17H2,1H3,(H,18,19)/t15-/m1/s1. The smallest absolute Gasteiger partial charge is 0.245 e. The van der Waals surface area contributed by atoms with Crippen LogP contribution in [0.4, 0.5) is 5.69 Å². The summed E-state index contributed by atoms with van der Waals surface area (Å²) in [5.41, 5.74) is 8.45. The van der Waals surface area contributed by atoms with Crippen LogP contribution in [0.5, 0.6) is 0 Å². The maximum absolute atomic E-state index is 12.1. The summed E-state index contributed by atoms with van der Waals surface area (Å²) in [5, 5.41) is 2.82.